The molecule has 1 amide bonds. The first-order valence-electron chi connectivity index (χ1n) is 6.70. The fourth-order valence-electron chi connectivity index (χ4n) is 2.38. The second-order valence-electron chi connectivity index (χ2n) is 5.01. The van der Waals surface area contributed by atoms with Crippen molar-refractivity contribution in [2.75, 3.05) is 6.61 Å². The first-order valence-corrected chi connectivity index (χ1v) is 6.70. The van der Waals surface area contributed by atoms with Gasteiger partial charge >= 0.3 is 5.97 Å². The van der Waals surface area contributed by atoms with Crippen LogP contribution in [-0.2, 0) is 9.53 Å². The largest absolute Gasteiger partial charge is 0.452 e. The lowest BCUT2D eigenvalue weighted by molar-refractivity contribution is -0.125. The summed E-state index contributed by atoms with van der Waals surface area (Å²) in [6.45, 7) is -0.531. The highest BCUT2D eigenvalue weighted by atomic mass is 19.1. The highest BCUT2D eigenvalue weighted by molar-refractivity contribution is 5.91. The van der Waals surface area contributed by atoms with Crippen molar-refractivity contribution in [3.05, 3.63) is 35.6 Å². The summed E-state index contributed by atoms with van der Waals surface area (Å²) < 4.78 is 18.1. The summed E-state index contributed by atoms with van der Waals surface area (Å²) in [4.78, 5) is 23.4. The van der Waals surface area contributed by atoms with Crippen LogP contribution in [0.15, 0.2) is 24.3 Å². The van der Waals surface area contributed by atoms with Crippen LogP contribution in [0.4, 0.5) is 4.39 Å². The Morgan fingerprint density at radius 3 is 2.62 bits per heavy atom. The Balaban J connectivity index is 1.88. The van der Waals surface area contributed by atoms with E-state index in [2.05, 4.69) is 11.4 Å². The fraction of sp³-hybridized carbons (Fsp3) is 0.400. The van der Waals surface area contributed by atoms with Gasteiger partial charge in [-0.15, -0.1) is 0 Å². The molecular weight excluding hydrogens is 275 g/mol. The third kappa shape index (κ3) is 3.57. The molecule has 0 bridgehead atoms. The first-order chi connectivity index (χ1) is 10.1. The summed E-state index contributed by atoms with van der Waals surface area (Å²) in [6, 6.07) is 7.48. The van der Waals surface area contributed by atoms with Gasteiger partial charge in [-0.25, -0.2) is 9.18 Å². The average molecular weight is 290 g/mol. The van der Waals surface area contributed by atoms with Gasteiger partial charge in [0.1, 0.15) is 11.4 Å². The SMILES string of the molecule is N#CC1(NC(=O)COC(=O)c2ccccc2F)CCCC1. The van der Waals surface area contributed by atoms with E-state index in [1.807, 2.05) is 0 Å². The van der Waals surface area contributed by atoms with Gasteiger partial charge in [-0.2, -0.15) is 5.26 Å². The number of hydrogen-bond donors (Lipinski definition) is 1. The molecule has 110 valence electrons. The lowest BCUT2D eigenvalue weighted by Gasteiger charge is -2.21. The van der Waals surface area contributed by atoms with E-state index in [4.69, 9.17) is 10.00 Å². The molecule has 1 aromatic rings. The number of nitrogens with zero attached hydrogens (tertiary/aromatic N) is 1. The fourth-order valence-corrected chi connectivity index (χ4v) is 2.38. The number of halogens is 1. The van der Waals surface area contributed by atoms with Gasteiger partial charge in [-0.3, -0.25) is 4.79 Å². The van der Waals surface area contributed by atoms with Crippen LogP contribution < -0.4 is 5.32 Å². The van der Waals surface area contributed by atoms with Gasteiger partial charge in [-0.05, 0) is 37.8 Å². The molecule has 0 saturated heterocycles. The van der Waals surface area contributed by atoms with Crippen LogP contribution >= 0.6 is 0 Å². The molecule has 0 unspecified atom stereocenters. The highest BCUT2D eigenvalue weighted by Gasteiger charge is 2.35. The molecule has 0 atom stereocenters. The number of amides is 1. The normalized spacial score (nSPS) is 16.0. The lowest BCUT2D eigenvalue weighted by atomic mass is 10.00. The molecule has 1 aromatic carbocycles. The Kier molecular flexibility index (Phi) is 4.53. The van der Waals surface area contributed by atoms with Crippen molar-refractivity contribution in [2.45, 2.75) is 31.2 Å². The summed E-state index contributed by atoms with van der Waals surface area (Å²) in [5.74, 6) is -2.16. The Hall–Kier alpha value is -2.42. The second-order valence-corrected chi connectivity index (χ2v) is 5.01. The molecule has 2 rings (SSSR count). The van der Waals surface area contributed by atoms with E-state index >= 15 is 0 Å². The Labute approximate surface area is 121 Å². The van der Waals surface area contributed by atoms with Crippen molar-refractivity contribution < 1.29 is 18.7 Å². The molecule has 5 nitrogen and oxygen atoms in total. The minimum Gasteiger partial charge on any atom is -0.452 e. The number of ether oxygens (including phenoxy) is 1. The third-order valence-electron chi connectivity index (χ3n) is 3.48. The summed E-state index contributed by atoms with van der Waals surface area (Å²) in [5.41, 5.74) is -1.08. The number of hydrogen-bond acceptors (Lipinski definition) is 4. The van der Waals surface area contributed by atoms with E-state index in [9.17, 15) is 14.0 Å². The molecule has 21 heavy (non-hydrogen) atoms. The molecule has 0 radical (unpaired) electrons. The zero-order valence-electron chi connectivity index (χ0n) is 11.4. The molecule has 0 aromatic heterocycles. The van der Waals surface area contributed by atoms with Crippen LogP contribution in [0, 0.1) is 17.1 Å². The van der Waals surface area contributed by atoms with E-state index in [-0.39, 0.29) is 5.56 Å². The number of carbonyl (C=O) groups is 2. The van der Waals surface area contributed by atoms with E-state index in [1.54, 1.807) is 0 Å². The van der Waals surface area contributed by atoms with Crippen LogP contribution in [0.2, 0.25) is 0 Å². The summed E-state index contributed by atoms with van der Waals surface area (Å²) in [7, 11) is 0. The number of carbonyl (C=O) groups excluding carboxylic acids is 2. The van der Waals surface area contributed by atoms with Gasteiger partial charge in [0.25, 0.3) is 5.91 Å². The molecule has 0 heterocycles. The Morgan fingerprint density at radius 1 is 1.33 bits per heavy atom. The monoisotopic (exact) mass is 290 g/mol. The molecule has 1 aliphatic carbocycles. The molecule has 1 N–H and O–H groups in total. The summed E-state index contributed by atoms with van der Waals surface area (Å²) in [5, 5.41) is 11.7. The van der Waals surface area contributed by atoms with E-state index in [0.29, 0.717) is 12.8 Å². The molecule has 1 fully saturated rings. The van der Waals surface area contributed by atoms with E-state index < -0.39 is 29.8 Å². The molecular formula is C15H15FN2O3. The maximum atomic E-state index is 13.4. The third-order valence-corrected chi connectivity index (χ3v) is 3.48. The maximum absolute atomic E-state index is 13.4. The van der Waals surface area contributed by atoms with Crippen LogP contribution in [-0.4, -0.2) is 24.0 Å². The highest BCUT2D eigenvalue weighted by Crippen LogP contribution is 2.28. The minimum atomic E-state index is -0.902. The Morgan fingerprint density at radius 2 is 2.00 bits per heavy atom. The van der Waals surface area contributed by atoms with Gasteiger partial charge in [0.05, 0.1) is 11.6 Å². The zero-order chi connectivity index (χ0) is 15.3. The average Bonchev–Trinajstić information content (AvgIpc) is 2.94. The number of nitriles is 1. The predicted octanol–water partition coefficient (Wildman–Crippen LogP) is 1.94. The van der Waals surface area contributed by atoms with Crippen LogP contribution in [0.5, 0.6) is 0 Å². The number of esters is 1. The van der Waals surface area contributed by atoms with Crippen molar-refractivity contribution in [1.29, 1.82) is 5.26 Å². The van der Waals surface area contributed by atoms with Crippen LogP contribution in [0.1, 0.15) is 36.0 Å². The van der Waals surface area contributed by atoms with Crippen molar-refractivity contribution in [3.63, 3.8) is 0 Å². The quantitative estimate of drug-likeness (QED) is 0.859. The molecule has 1 saturated carbocycles. The molecule has 0 aliphatic heterocycles. The predicted molar refractivity (Wildman–Crippen MR) is 71.6 cm³/mol. The van der Waals surface area contributed by atoms with E-state index in [1.165, 1.54) is 18.2 Å². The number of benzene rings is 1. The van der Waals surface area contributed by atoms with Gasteiger partial charge < -0.3 is 10.1 Å². The topological polar surface area (TPSA) is 79.2 Å². The van der Waals surface area contributed by atoms with E-state index in [0.717, 1.165) is 18.9 Å². The van der Waals surface area contributed by atoms with Gasteiger partial charge in [0.2, 0.25) is 0 Å². The molecule has 0 spiro atoms. The van der Waals surface area contributed by atoms with Crippen LogP contribution in [0.3, 0.4) is 0 Å². The van der Waals surface area contributed by atoms with Crippen molar-refractivity contribution >= 4 is 11.9 Å². The van der Waals surface area contributed by atoms with Gasteiger partial charge in [0, 0.05) is 0 Å². The zero-order valence-corrected chi connectivity index (χ0v) is 11.4. The number of nitrogens with one attached hydrogen (secondary N) is 1. The van der Waals surface area contributed by atoms with Gasteiger partial charge in [-0.1, -0.05) is 12.1 Å². The van der Waals surface area contributed by atoms with Crippen molar-refractivity contribution in [1.82, 2.24) is 5.32 Å². The smallest absolute Gasteiger partial charge is 0.341 e. The molecule has 1 aliphatic rings. The van der Waals surface area contributed by atoms with Gasteiger partial charge in [0.15, 0.2) is 6.61 Å². The number of rotatable bonds is 4. The summed E-state index contributed by atoms with van der Waals surface area (Å²) in [6.07, 6.45) is 2.94. The molecule has 6 heteroatoms. The minimum absolute atomic E-state index is 0.221. The Bertz CT molecular complexity index is 589. The second kappa shape index (κ2) is 6.35. The summed E-state index contributed by atoms with van der Waals surface area (Å²) >= 11 is 0. The van der Waals surface area contributed by atoms with Crippen molar-refractivity contribution in [2.24, 2.45) is 0 Å². The standard InChI is InChI=1S/C15H15FN2O3/c16-12-6-2-1-5-11(12)14(20)21-9-13(19)18-15(10-17)7-3-4-8-15/h1-2,5-6H,3-4,7-9H2,(H,18,19). The van der Waals surface area contributed by atoms with Crippen LogP contribution in [0.25, 0.3) is 0 Å². The maximum Gasteiger partial charge on any atom is 0.341 e. The van der Waals surface area contributed by atoms with Crippen molar-refractivity contribution in [3.8, 4) is 6.07 Å². The first kappa shape index (κ1) is 15.0. The lowest BCUT2D eigenvalue weighted by Crippen LogP contribution is -2.46.